The molecule has 0 unspecified atom stereocenters. The van der Waals surface area contributed by atoms with Gasteiger partial charge in [-0.05, 0) is 29.8 Å². The van der Waals surface area contributed by atoms with Gasteiger partial charge in [0.2, 0.25) is 0 Å². The Labute approximate surface area is 115 Å². The van der Waals surface area contributed by atoms with Gasteiger partial charge < -0.3 is 5.32 Å². The molecule has 20 heavy (non-hydrogen) atoms. The molecule has 2 aromatic heterocycles. The first-order valence-corrected chi connectivity index (χ1v) is 6.21. The molecule has 1 N–H and O–H groups in total. The molecule has 0 spiro atoms. The maximum Gasteiger partial charge on any atom is 0.251 e. The molecule has 0 radical (unpaired) electrons. The number of pyridine rings is 1. The molecule has 1 amide bonds. The summed E-state index contributed by atoms with van der Waals surface area (Å²) < 4.78 is 0. The fraction of sp³-hybridized carbons (Fsp3) is 0.0667. The van der Waals surface area contributed by atoms with Crippen LogP contribution in [0.1, 0.15) is 15.9 Å². The first-order valence-electron chi connectivity index (χ1n) is 6.21. The second-order valence-corrected chi connectivity index (χ2v) is 4.30. The van der Waals surface area contributed by atoms with Crippen molar-refractivity contribution in [2.45, 2.75) is 6.54 Å². The van der Waals surface area contributed by atoms with Crippen LogP contribution >= 0.6 is 0 Å². The van der Waals surface area contributed by atoms with Crippen LogP contribution in [0.25, 0.3) is 11.0 Å². The minimum Gasteiger partial charge on any atom is -0.348 e. The molecule has 1 aromatic carbocycles. The predicted molar refractivity (Wildman–Crippen MR) is 74.9 cm³/mol. The summed E-state index contributed by atoms with van der Waals surface area (Å²) in [4.78, 5) is 24.3. The molecule has 2 heterocycles. The molecule has 5 heteroatoms. The van der Waals surface area contributed by atoms with E-state index in [0.717, 1.165) is 16.6 Å². The van der Waals surface area contributed by atoms with Crippen LogP contribution < -0.4 is 5.32 Å². The van der Waals surface area contributed by atoms with E-state index in [2.05, 4.69) is 20.3 Å². The van der Waals surface area contributed by atoms with Gasteiger partial charge in [-0.15, -0.1) is 0 Å². The summed E-state index contributed by atoms with van der Waals surface area (Å²) in [6, 6.07) is 9.12. The first-order chi connectivity index (χ1) is 9.83. The van der Waals surface area contributed by atoms with Crippen molar-refractivity contribution in [3.05, 3.63) is 66.2 Å². The quantitative estimate of drug-likeness (QED) is 0.785. The molecule has 0 aliphatic rings. The minimum atomic E-state index is -0.119. The highest BCUT2D eigenvalue weighted by Crippen LogP contribution is 2.10. The van der Waals surface area contributed by atoms with Gasteiger partial charge in [-0.25, -0.2) is 0 Å². The predicted octanol–water partition coefficient (Wildman–Crippen LogP) is 1.95. The number of hydrogen-bond acceptors (Lipinski definition) is 4. The molecule has 0 atom stereocenters. The fourth-order valence-corrected chi connectivity index (χ4v) is 1.91. The van der Waals surface area contributed by atoms with Gasteiger partial charge in [-0.3, -0.25) is 19.7 Å². The zero-order valence-corrected chi connectivity index (χ0v) is 10.7. The average molecular weight is 264 g/mol. The molecule has 0 aliphatic heterocycles. The Hall–Kier alpha value is -2.82. The monoisotopic (exact) mass is 264 g/mol. The van der Waals surface area contributed by atoms with E-state index < -0.39 is 0 Å². The Morgan fingerprint density at radius 1 is 0.950 bits per heavy atom. The fourth-order valence-electron chi connectivity index (χ4n) is 1.91. The zero-order valence-electron chi connectivity index (χ0n) is 10.7. The van der Waals surface area contributed by atoms with Gasteiger partial charge >= 0.3 is 0 Å². The van der Waals surface area contributed by atoms with E-state index in [-0.39, 0.29) is 5.91 Å². The van der Waals surface area contributed by atoms with E-state index in [4.69, 9.17) is 0 Å². The van der Waals surface area contributed by atoms with Crippen LogP contribution in [-0.4, -0.2) is 20.9 Å². The maximum atomic E-state index is 11.9. The van der Waals surface area contributed by atoms with Gasteiger partial charge in [-0.2, -0.15) is 0 Å². The van der Waals surface area contributed by atoms with Crippen LogP contribution in [0.3, 0.4) is 0 Å². The van der Waals surface area contributed by atoms with E-state index in [9.17, 15) is 4.79 Å². The van der Waals surface area contributed by atoms with Gasteiger partial charge in [0.15, 0.2) is 0 Å². The lowest BCUT2D eigenvalue weighted by atomic mass is 10.2. The summed E-state index contributed by atoms with van der Waals surface area (Å²) in [5.41, 5.74) is 3.25. The Morgan fingerprint density at radius 2 is 1.70 bits per heavy atom. The average Bonchev–Trinajstić information content (AvgIpc) is 2.53. The summed E-state index contributed by atoms with van der Waals surface area (Å²) in [7, 11) is 0. The summed E-state index contributed by atoms with van der Waals surface area (Å²) in [6.07, 6.45) is 6.51. The third-order valence-electron chi connectivity index (χ3n) is 2.93. The lowest BCUT2D eigenvalue weighted by molar-refractivity contribution is 0.0951. The second-order valence-electron chi connectivity index (χ2n) is 4.30. The molecule has 0 saturated carbocycles. The third kappa shape index (κ3) is 2.61. The Balaban J connectivity index is 1.72. The number of aromatic nitrogens is 3. The van der Waals surface area contributed by atoms with Gasteiger partial charge in [-0.1, -0.05) is 6.07 Å². The molecule has 98 valence electrons. The van der Waals surface area contributed by atoms with E-state index in [1.807, 2.05) is 18.2 Å². The van der Waals surface area contributed by atoms with Crippen molar-refractivity contribution in [3.8, 4) is 0 Å². The molecule has 0 aliphatic carbocycles. The first kappa shape index (κ1) is 12.2. The highest BCUT2D eigenvalue weighted by Gasteiger charge is 2.04. The Morgan fingerprint density at radius 3 is 2.50 bits per heavy atom. The molecular weight excluding hydrogens is 252 g/mol. The van der Waals surface area contributed by atoms with E-state index >= 15 is 0 Å². The van der Waals surface area contributed by atoms with Crippen molar-refractivity contribution in [2.24, 2.45) is 0 Å². The highest BCUT2D eigenvalue weighted by molar-refractivity contribution is 5.93. The van der Waals surface area contributed by atoms with E-state index in [1.165, 1.54) is 0 Å². The Kier molecular flexibility index (Phi) is 3.33. The van der Waals surface area contributed by atoms with Crippen molar-refractivity contribution < 1.29 is 4.79 Å². The van der Waals surface area contributed by atoms with Gasteiger partial charge in [0.1, 0.15) is 0 Å². The highest BCUT2D eigenvalue weighted by atomic mass is 16.1. The van der Waals surface area contributed by atoms with E-state index in [1.54, 1.807) is 36.9 Å². The van der Waals surface area contributed by atoms with Crippen LogP contribution in [0.15, 0.2) is 55.1 Å². The summed E-state index contributed by atoms with van der Waals surface area (Å²) in [6.45, 7) is 0.452. The Bertz CT molecular complexity index is 743. The normalized spacial score (nSPS) is 10.4. The molecule has 3 rings (SSSR count). The van der Waals surface area contributed by atoms with Gasteiger partial charge in [0.25, 0.3) is 5.91 Å². The molecule has 3 aromatic rings. The number of rotatable bonds is 3. The van der Waals surface area contributed by atoms with Crippen molar-refractivity contribution >= 4 is 16.9 Å². The summed E-state index contributed by atoms with van der Waals surface area (Å²) in [5, 5.41) is 2.87. The number of benzene rings is 1. The molecule has 0 bridgehead atoms. The summed E-state index contributed by atoms with van der Waals surface area (Å²) >= 11 is 0. The van der Waals surface area contributed by atoms with Crippen LogP contribution in [0, 0.1) is 0 Å². The third-order valence-corrected chi connectivity index (χ3v) is 2.93. The zero-order chi connectivity index (χ0) is 13.8. The number of hydrogen-bond donors (Lipinski definition) is 1. The number of carbonyl (C=O) groups excluding carboxylic acids is 1. The van der Waals surface area contributed by atoms with Crippen LogP contribution in [-0.2, 0) is 6.54 Å². The lowest BCUT2D eigenvalue weighted by Crippen LogP contribution is -2.22. The second kappa shape index (κ2) is 5.44. The molecule has 0 fully saturated rings. The van der Waals surface area contributed by atoms with Crippen molar-refractivity contribution in [3.63, 3.8) is 0 Å². The molecule has 0 saturated heterocycles. The number of nitrogens with zero attached hydrogens (tertiary/aromatic N) is 3. The van der Waals surface area contributed by atoms with Gasteiger partial charge in [0.05, 0.1) is 11.0 Å². The van der Waals surface area contributed by atoms with Crippen LogP contribution in [0.5, 0.6) is 0 Å². The van der Waals surface area contributed by atoms with Crippen LogP contribution in [0.4, 0.5) is 0 Å². The van der Waals surface area contributed by atoms with Crippen molar-refractivity contribution in [2.75, 3.05) is 0 Å². The largest absolute Gasteiger partial charge is 0.348 e. The maximum absolute atomic E-state index is 11.9. The van der Waals surface area contributed by atoms with Crippen molar-refractivity contribution in [1.82, 2.24) is 20.3 Å². The number of fused-ring (bicyclic) bond motifs is 1. The van der Waals surface area contributed by atoms with E-state index in [0.29, 0.717) is 12.1 Å². The van der Waals surface area contributed by atoms with Crippen molar-refractivity contribution in [1.29, 1.82) is 0 Å². The SMILES string of the molecule is O=C(NCc1ccc2nccnc2c1)c1ccncc1. The number of carbonyl (C=O) groups is 1. The number of amides is 1. The summed E-state index contributed by atoms with van der Waals surface area (Å²) in [5.74, 6) is -0.119. The van der Waals surface area contributed by atoms with Crippen LogP contribution in [0.2, 0.25) is 0 Å². The molecule has 5 nitrogen and oxygen atoms in total. The topological polar surface area (TPSA) is 67.8 Å². The molecular formula is C15H12N4O. The minimum absolute atomic E-state index is 0.119. The number of nitrogens with one attached hydrogen (secondary N) is 1. The smallest absolute Gasteiger partial charge is 0.251 e. The standard InChI is InChI=1S/C15H12N4O/c20-15(12-3-5-16-6-4-12)19-10-11-1-2-13-14(9-11)18-8-7-17-13/h1-9H,10H2,(H,19,20). The van der Waals surface area contributed by atoms with Gasteiger partial charge in [0, 0.05) is 36.9 Å². The lowest BCUT2D eigenvalue weighted by Gasteiger charge is -2.06.